The van der Waals surface area contributed by atoms with Gasteiger partial charge in [0.15, 0.2) is 0 Å². The van der Waals surface area contributed by atoms with E-state index in [0.29, 0.717) is 28.5 Å². The number of benzene rings is 2. The van der Waals surface area contributed by atoms with E-state index in [2.05, 4.69) is 20.6 Å². The lowest BCUT2D eigenvalue weighted by Gasteiger charge is -2.10. The summed E-state index contributed by atoms with van der Waals surface area (Å²) < 4.78 is 21.0. The second-order valence-corrected chi connectivity index (χ2v) is 6.54. The van der Waals surface area contributed by atoms with Crippen molar-refractivity contribution in [3.05, 3.63) is 102 Å². The van der Waals surface area contributed by atoms with Crippen LogP contribution in [0.1, 0.15) is 21.6 Å². The molecule has 31 heavy (non-hydrogen) atoms. The van der Waals surface area contributed by atoms with Crippen molar-refractivity contribution in [2.75, 3.05) is 0 Å². The molecule has 0 atom stereocenters. The summed E-state index contributed by atoms with van der Waals surface area (Å²) in [7, 11) is 0. The molecule has 0 fully saturated rings. The normalized spacial score (nSPS) is 10.9. The highest BCUT2D eigenvalue weighted by Gasteiger charge is 2.18. The van der Waals surface area contributed by atoms with Gasteiger partial charge in [0.05, 0.1) is 23.2 Å². The molecule has 0 aliphatic heterocycles. The summed E-state index contributed by atoms with van der Waals surface area (Å²) in [5.41, 5.74) is 4.91. The van der Waals surface area contributed by atoms with Crippen LogP contribution in [0.3, 0.4) is 0 Å². The third-order valence-corrected chi connectivity index (χ3v) is 4.39. The molecule has 0 unspecified atom stereocenters. The average molecular weight is 415 g/mol. The summed E-state index contributed by atoms with van der Waals surface area (Å²) in [6.07, 6.45) is 4.53. The molecule has 2 aromatic carbocycles. The van der Waals surface area contributed by atoms with E-state index in [1.165, 1.54) is 42.9 Å². The number of aryl methyl sites for hydroxylation is 1. The van der Waals surface area contributed by atoms with Gasteiger partial charge in [-0.25, -0.2) is 9.82 Å². The van der Waals surface area contributed by atoms with E-state index in [1.807, 2.05) is 37.3 Å². The topological polar surface area (TPSA) is 81.4 Å². The van der Waals surface area contributed by atoms with Gasteiger partial charge in [-0.15, -0.1) is 0 Å². The van der Waals surface area contributed by atoms with Gasteiger partial charge in [-0.3, -0.25) is 9.78 Å². The number of pyridine rings is 1. The third kappa shape index (κ3) is 4.64. The molecule has 2 aromatic heterocycles. The summed E-state index contributed by atoms with van der Waals surface area (Å²) in [4.78, 5) is 16.1. The van der Waals surface area contributed by atoms with Gasteiger partial charge in [0.2, 0.25) is 5.88 Å². The molecule has 8 heteroatoms. The number of hydrogen-bond acceptors (Lipinski definition) is 5. The van der Waals surface area contributed by atoms with Gasteiger partial charge in [0.1, 0.15) is 11.6 Å². The Morgan fingerprint density at radius 3 is 2.48 bits per heavy atom. The highest BCUT2D eigenvalue weighted by molar-refractivity contribution is 5.95. The molecule has 0 saturated heterocycles. The van der Waals surface area contributed by atoms with Gasteiger partial charge < -0.3 is 4.74 Å². The van der Waals surface area contributed by atoms with Crippen molar-refractivity contribution in [2.45, 2.75) is 6.92 Å². The number of hydrogen-bond donors (Lipinski definition) is 1. The van der Waals surface area contributed by atoms with E-state index in [-0.39, 0.29) is 11.7 Å². The number of halogens is 1. The van der Waals surface area contributed by atoms with Gasteiger partial charge in [-0.2, -0.15) is 14.9 Å². The average Bonchev–Trinajstić information content (AvgIpc) is 3.11. The number of ether oxygens (including phenoxy) is 1. The number of nitrogens with one attached hydrogen (secondary N) is 1. The monoisotopic (exact) mass is 415 g/mol. The van der Waals surface area contributed by atoms with Crippen LogP contribution in [0.5, 0.6) is 11.6 Å². The maximum Gasteiger partial charge on any atom is 0.271 e. The Kier molecular flexibility index (Phi) is 5.79. The predicted octanol–water partition coefficient (Wildman–Crippen LogP) is 4.27. The van der Waals surface area contributed by atoms with Crippen LogP contribution in [-0.2, 0) is 0 Å². The largest absolute Gasteiger partial charge is 0.438 e. The highest BCUT2D eigenvalue weighted by Crippen LogP contribution is 2.29. The van der Waals surface area contributed by atoms with E-state index in [1.54, 1.807) is 16.8 Å². The van der Waals surface area contributed by atoms with Crippen LogP contribution in [0.25, 0.3) is 5.69 Å². The first-order chi connectivity index (χ1) is 15.1. The van der Waals surface area contributed by atoms with Crippen molar-refractivity contribution in [2.24, 2.45) is 5.10 Å². The number of amides is 1. The summed E-state index contributed by atoms with van der Waals surface area (Å²) in [5.74, 6) is 0.0969. The molecule has 0 radical (unpaired) electrons. The van der Waals surface area contributed by atoms with Crippen LogP contribution in [0.2, 0.25) is 0 Å². The molecule has 7 nitrogen and oxygen atoms in total. The predicted molar refractivity (Wildman–Crippen MR) is 114 cm³/mol. The first kappa shape index (κ1) is 20.0. The van der Waals surface area contributed by atoms with E-state index in [0.717, 1.165) is 5.69 Å². The SMILES string of the molecule is Cc1nn(-c2ccccc2)c(Oc2ccc(F)cc2)c1/C=N/NC(=O)c1ccncc1. The number of nitrogens with zero attached hydrogens (tertiary/aromatic N) is 4. The Morgan fingerprint density at radius 1 is 1.06 bits per heavy atom. The minimum Gasteiger partial charge on any atom is -0.438 e. The maximum absolute atomic E-state index is 13.3. The van der Waals surface area contributed by atoms with Crippen LogP contribution in [0.15, 0.2) is 84.2 Å². The molecule has 0 saturated carbocycles. The van der Waals surface area contributed by atoms with Crippen LogP contribution >= 0.6 is 0 Å². The van der Waals surface area contributed by atoms with Crippen molar-refractivity contribution in [3.8, 4) is 17.3 Å². The number of aromatic nitrogens is 3. The van der Waals surface area contributed by atoms with E-state index in [9.17, 15) is 9.18 Å². The van der Waals surface area contributed by atoms with E-state index < -0.39 is 0 Å². The Morgan fingerprint density at radius 2 is 1.77 bits per heavy atom. The van der Waals surface area contributed by atoms with E-state index >= 15 is 0 Å². The van der Waals surface area contributed by atoms with Crippen molar-refractivity contribution in [1.29, 1.82) is 0 Å². The molecular weight excluding hydrogens is 397 g/mol. The molecule has 4 rings (SSSR count). The van der Waals surface area contributed by atoms with Crippen LogP contribution in [-0.4, -0.2) is 26.9 Å². The standard InChI is InChI=1S/C23H18FN5O2/c1-16-21(15-26-27-22(30)17-11-13-25-14-12-17)23(31-20-9-7-18(24)8-10-20)29(28-16)19-5-3-2-4-6-19/h2-15H,1H3,(H,27,30)/b26-15+. The van der Waals surface area contributed by atoms with Gasteiger partial charge in [0, 0.05) is 18.0 Å². The van der Waals surface area contributed by atoms with Crippen LogP contribution in [0.4, 0.5) is 4.39 Å². The molecule has 4 aromatic rings. The molecule has 2 heterocycles. The van der Waals surface area contributed by atoms with Crippen LogP contribution in [0, 0.1) is 12.7 Å². The Balaban J connectivity index is 1.66. The summed E-state index contributed by atoms with van der Waals surface area (Å²) in [6.45, 7) is 1.81. The Bertz CT molecular complexity index is 1210. The quantitative estimate of drug-likeness (QED) is 0.377. The zero-order valence-corrected chi connectivity index (χ0v) is 16.6. The van der Waals surface area contributed by atoms with Gasteiger partial charge in [0.25, 0.3) is 5.91 Å². The molecular formula is C23H18FN5O2. The highest BCUT2D eigenvalue weighted by atomic mass is 19.1. The Hall–Kier alpha value is -4.33. The zero-order chi connectivity index (χ0) is 21.6. The molecule has 0 bridgehead atoms. The molecule has 1 N–H and O–H groups in total. The maximum atomic E-state index is 13.3. The second-order valence-electron chi connectivity index (χ2n) is 6.54. The smallest absolute Gasteiger partial charge is 0.271 e. The fourth-order valence-electron chi connectivity index (χ4n) is 2.85. The second kappa shape index (κ2) is 9.00. The molecule has 154 valence electrons. The summed E-state index contributed by atoms with van der Waals surface area (Å²) >= 11 is 0. The van der Waals surface area contributed by atoms with Crippen molar-refractivity contribution in [1.82, 2.24) is 20.2 Å². The van der Waals surface area contributed by atoms with Gasteiger partial charge in [-0.1, -0.05) is 18.2 Å². The molecule has 0 spiro atoms. The first-order valence-electron chi connectivity index (χ1n) is 9.44. The number of carbonyl (C=O) groups is 1. The molecule has 0 aliphatic carbocycles. The van der Waals surface area contributed by atoms with Gasteiger partial charge >= 0.3 is 0 Å². The minimum absolute atomic E-state index is 0.360. The van der Waals surface area contributed by atoms with Crippen molar-refractivity contribution < 1.29 is 13.9 Å². The Labute approximate surface area is 177 Å². The zero-order valence-electron chi connectivity index (χ0n) is 16.6. The lowest BCUT2D eigenvalue weighted by Crippen LogP contribution is -2.17. The van der Waals surface area contributed by atoms with E-state index in [4.69, 9.17) is 4.74 Å². The summed E-state index contributed by atoms with van der Waals surface area (Å²) in [6, 6.07) is 18.3. The number of para-hydroxylation sites is 1. The van der Waals surface area contributed by atoms with Crippen molar-refractivity contribution in [3.63, 3.8) is 0 Å². The fourth-order valence-corrected chi connectivity index (χ4v) is 2.85. The third-order valence-electron chi connectivity index (χ3n) is 4.39. The number of rotatable bonds is 6. The van der Waals surface area contributed by atoms with Crippen molar-refractivity contribution >= 4 is 12.1 Å². The number of hydrazone groups is 1. The first-order valence-corrected chi connectivity index (χ1v) is 9.44. The molecule has 1 amide bonds. The lowest BCUT2D eigenvalue weighted by molar-refractivity contribution is 0.0955. The van der Waals surface area contributed by atoms with Gasteiger partial charge in [-0.05, 0) is 55.5 Å². The molecule has 0 aliphatic rings. The summed E-state index contributed by atoms with van der Waals surface area (Å²) in [5, 5.41) is 8.62. The van der Waals surface area contributed by atoms with Crippen LogP contribution < -0.4 is 10.2 Å². The minimum atomic E-state index is -0.368. The number of carbonyl (C=O) groups excluding carboxylic acids is 1. The fraction of sp³-hybridized carbons (Fsp3) is 0.0435. The lowest BCUT2D eigenvalue weighted by atomic mass is 10.2.